The van der Waals surface area contributed by atoms with Gasteiger partial charge in [-0.2, -0.15) is 8.78 Å². The van der Waals surface area contributed by atoms with Crippen molar-refractivity contribution in [2.75, 3.05) is 6.67 Å². The van der Waals surface area contributed by atoms with Crippen molar-refractivity contribution in [2.24, 2.45) is 0 Å². The maximum Gasteiger partial charge on any atom is 0.425 e. The molecule has 0 amide bonds. The highest BCUT2D eigenvalue weighted by Crippen LogP contribution is 2.17. The molecule has 0 aromatic heterocycles. The van der Waals surface area contributed by atoms with Gasteiger partial charge in [0.2, 0.25) is 5.78 Å². The molecular weight excluding hydrogens is 172 g/mol. The summed E-state index contributed by atoms with van der Waals surface area (Å²) in [6, 6.07) is 0. The van der Waals surface area contributed by atoms with Crippen molar-refractivity contribution in [1.82, 2.24) is 0 Å². The molecule has 0 aliphatic heterocycles. The summed E-state index contributed by atoms with van der Waals surface area (Å²) in [4.78, 5) is 21.6. The molecule has 3 nitrogen and oxygen atoms in total. The predicted octanol–water partition coefficient (Wildman–Crippen LogP) is 0.588. The Morgan fingerprint density at radius 3 is 2.09 bits per heavy atom. The van der Waals surface area contributed by atoms with Crippen LogP contribution in [-0.2, 0) is 14.5 Å². The number of hydrogen-bond donors (Lipinski definition) is 0. The van der Waals surface area contributed by atoms with Gasteiger partial charge in [-0.05, 0) is 0 Å². The predicted molar refractivity (Wildman–Crippen MR) is 23.1 cm³/mol. The standard InChI is InChI=1S/C4H2F4O3/c5-1-2(9)4(6,7)3(10)11-8/h1H2. The monoisotopic (exact) mass is 174 g/mol. The molecule has 0 aromatic rings. The lowest BCUT2D eigenvalue weighted by Crippen LogP contribution is -2.39. The Labute approximate surface area is 57.8 Å². The van der Waals surface area contributed by atoms with Gasteiger partial charge in [0, 0.05) is 4.53 Å². The maximum atomic E-state index is 11.9. The third-order valence-electron chi connectivity index (χ3n) is 0.798. The van der Waals surface area contributed by atoms with Gasteiger partial charge < -0.3 is 0 Å². The van der Waals surface area contributed by atoms with Crippen LogP contribution in [0.2, 0.25) is 0 Å². The van der Waals surface area contributed by atoms with E-state index in [1.165, 1.54) is 0 Å². The third-order valence-corrected chi connectivity index (χ3v) is 0.798. The van der Waals surface area contributed by atoms with E-state index in [1.54, 1.807) is 0 Å². The zero-order valence-corrected chi connectivity index (χ0v) is 4.94. The summed E-state index contributed by atoms with van der Waals surface area (Å²) in [5.74, 6) is -9.77. The molecule has 0 saturated carbocycles. The Hall–Kier alpha value is -1.14. The Kier molecular flexibility index (Phi) is 2.97. The Bertz CT molecular complexity index is 160. The van der Waals surface area contributed by atoms with E-state index in [9.17, 15) is 27.3 Å². The van der Waals surface area contributed by atoms with Crippen LogP contribution in [0.5, 0.6) is 0 Å². The second-order valence-corrected chi connectivity index (χ2v) is 1.50. The summed E-state index contributed by atoms with van der Waals surface area (Å²) < 4.78 is 45.8. The average Bonchev–Trinajstić information content (AvgIpc) is 2.01. The molecule has 0 saturated heterocycles. The van der Waals surface area contributed by atoms with E-state index in [2.05, 4.69) is 4.94 Å². The summed E-state index contributed by atoms with van der Waals surface area (Å²) >= 11 is 0. The van der Waals surface area contributed by atoms with Crippen molar-refractivity contribution >= 4 is 11.8 Å². The first-order valence-electron chi connectivity index (χ1n) is 2.27. The Morgan fingerprint density at radius 1 is 1.36 bits per heavy atom. The van der Waals surface area contributed by atoms with Gasteiger partial charge in [-0.3, -0.25) is 4.79 Å². The lowest BCUT2D eigenvalue weighted by molar-refractivity contribution is -0.211. The van der Waals surface area contributed by atoms with Gasteiger partial charge >= 0.3 is 11.9 Å². The minimum absolute atomic E-state index is 2.05. The smallest absolute Gasteiger partial charge is 0.289 e. The van der Waals surface area contributed by atoms with Crippen LogP contribution >= 0.6 is 0 Å². The first-order chi connectivity index (χ1) is 4.96. The first-order valence-corrected chi connectivity index (χ1v) is 2.27. The summed E-state index contributed by atoms with van der Waals surface area (Å²) in [6.45, 7) is -2.05. The molecule has 0 aliphatic rings. The number of Topliss-reactive ketones (excluding diaryl/α,β-unsaturated/α-hetero) is 1. The van der Waals surface area contributed by atoms with E-state index >= 15 is 0 Å². The number of halogens is 4. The molecular formula is C4H2F4O3. The third kappa shape index (κ3) is 1.89. The summed E-state index contributed by atoms with van der Waals surface area (Å²) in [5, 5.41) is 0. The van der Waals surface area contributed by atoms with Crippen LogP contribution in [0.1, 0.15) is 0 Å². The van der Waals surface area contributed by atoms with Crippen molar-refractivity contribution in [3.63, 3.8) is 0 Å². The fourth-order valence-electron chi connectivity index (χ4n) is 0.246. The van der Waals surface area contributed by atoms with E-state index < -0.39 is 24.3 Å². The molecule has 11 heavy (non-hydrogen) atoms. The van der Waals surface area contributed by atoms with E-state index in [0.717, 1.165) is 0 Å². The maximum absolute atomic E-state index is 11.9. The van der Waals surface area contributed by atoms with Crippen LogP contribution < -0.4 is 0 Å². The molecule has 0 atom stereocenters. The Morgan fingerprint density at radius 2 is 1.82 bits per heavy atom. The first kappa shape index (κ1) is 9.86. The molecule has 0 aliphatic carbocycles. The zero-order chi connectivity index (χ0) is 9.07. The molecule has 0 N–H and O–H groups in total. The molecule has 7 heteroatoms. The fourth-order valence-corrected chi connectivity index (χ4v) is 0.246. The SMILES string of the molecule is O=C(CF)C(F)(F)C(=O)OF. The Balaban J connectivity index is 4.44. The van der Waals surface area contributed by atoms with Crippen LogP contribution in [0, 0.1) is 0 Å². The van der Waals surface area contributed by atoms with Crippen molar-refractivity contribution in [2.45, 2.75) is 5.92 Å². The van der Waals surface area contributed by atoms with Gasteiger partial charge in [0.1, 0.15) is 0 Å². The molecule has 0 bridgehead atoms. The average molecular weight is 174 g/mol. The highest BCUT2D eigenvalue weighted by Gasteiger charge is 2.49. The molecule has 64 valence electrons. The van der Waals surface area contributed by atoms with Crippen LogP contribution in [0.4, 0.5) is 17.7 Å². The highest BCUT2D eigenvalue weighted by atomic mass is 19.3. The van der Waals surface area contributed by atoms with Gasteiger partial charge in [-0.25, -0.2) is 14.1 Å². The van der Waals surface area contributed by atoms with E-state index in [-0.39, 0.29) is 0 Å². The number of hydrogen-bond acceptors (Lipinski definition) is 3. The van der Waals surface area contributed by atoms with Crippen molar-refractivity contribution < 1.29 is 32.2 Å². The number of carbonyl (C=O) groups excluding carboxylic acids is 2. The van der Waals surface area contributed by atoms with Crippen molar-refractivity contribution in [3.8, 4) is 0 Å². The van der Waals surface area contributed by atoms with E-state index in [4.69, 9.17) is 0 Å². The normalized spacial score (nSPS) is 10.9. The number of carbonyl (C=O) groups is 2. The largest absolute Gasteiger partial charge is 0.425 e. The fraction of sp³-hybridized carbons (Fsp3) is 0.500. The van der Waals surface area contributed by atoms with Crippen molar-refractivity contribution in [1.29, 1.82) is 0 Å². The van der Waals surface area contributed by atoms with E-state index in [0.29, 0.717) is 0 Å². The molecule has 0 fully saturated rings. The zero-order valence-electron chi connectivity index (χ0n) is 4.94. The van der Waals surface area contributed by atoms with Gasteiger partial charge in [0.15, 0.2) is 6.67 Å². The molecule has 0 spiro atoms. The molecule has 0 unspecified atom stereocenters. The summed E-state index contributed by atoms with van der Waals surface area (Å²) in [6.07, 6.45) is 0. The quantitative estimate of drug-likeness (QED) is 0.464. The van der Waals surface area contributed by atoms with Crippen LogP contribution in [-0.4, -0.2) is 24.3 Å². The lowest BCUT2D eigenvalue weighted by Gasteiger charge is -2.06. The van der Waals surface area contributed by atoms with Crippen LogP contribution in [0.3, 0.4) is 0 Å². The van der Waals surface area contributed by atoms with Gasteiger partial charge in [-0.15, -0.1) is 0 Å². The summed E-state index contributed by atoms with van der Waals surface area (Å²) in [5.41, 5.74) is 0. The van der Waals surface area contributed by atoms with Gasteiger partial charge in [0.05, 0.1) is 0 Å². The minimum Gasteiger partial charge on any atom is -0.289 e. The van der Waals surface area contributed by atoms with Gasteiger partial charge in [-0.1, -0.05) is 0 Å². The molecule has 0 radical (unpaired) electrons. The second-order valence-electron chi connectivity index (χ2n) is 1.50. The van der Waals surface area contributed by atoms with E-state index in [1.807, 2.05) is 0 Å². The van der Waals surface area contributed by atoms with Crippen molar-refractivity contribution in [3.05, 3.63) is 0 Å². The topological polar surface area (TPSA) is 43.4 Å². The molecule has 0 rings (SSSR count). The number of alkyl halides is 3. The summed E-state index contributed by atoms with van der Waals surface area (Å²) in [7, 11) is 0. The number of ketones is 1. The number of rotatable bonds is 3. The highest BCUT2D eigenvalue weighted by molar-refractivity contribution is 6.05. The molecule has 0 aromatic carbocycles. The van der Waals surface area contributed by atoms with Gasteiger partial charge in [0.25, 0.3) is 0 Å². The molecule has 0 heterocycles. The van der Waals surface area contributed by atoms with Crippen LogP contribution in [0.15, 0.2) is 0 Å². The minimum atomic E-state index is -4.73. The second kappa shape index (κ2) is 3.31. The van der Waals surface area contributed by atoms with Crippen LogP contribution in [0.25, 0.3) is 0 Å². The lowest BCUT2D eigenvalue weighted by atomic mass is 10.2.